The number of nitrogens with zero attached hydrogens (tertiary/aromatic N) is 3. The molecule has 0 aliphatic carbocycles. The van der Waals surface area contributed by atoms with E-state index in [2.05, 4.69) is 35.5 Å². The van der Waals surface area contributed by atoms with E-state index in [1.165, 1.54) is 0 Å². The van der Waals surface area contributed by atoms with Gasteiger partial charge in [-0.1, -0.05) is 56.3 Å². The van der Waals surface area contributed by atoms with Gasteiger partial charge < -0.3 is 9.30 Å². The molecule has 23 heavy (non-hydrogen) atoms. The molecule has 0 spiro atoms. The van der Waals surface area contributed by atoms with Crippen molar-refractivity contribution in [3.63, 3.8) is 0 Å². The fourth-order valence-corrected chi connectivity index (χ4v) is 3.49. The van der Waals surface area contributed by atoms with Crippen molar-refractivity contribution in [2.45, 2.75) is 57.8 Å². The highest BCUT2D eigenvalue weighted by Gasteiger charge is 2.19. The molecule has 0 fully saturated rings. The molecule has 126 valence electrons. The predicted molar refractivity (Wildman–Crippen MR) is 96.4 cm³/mol. The van der Waals surface area contributed by atoms with E-state index in [0.29, 0.717) is 23.4 Å². The zero-order chi connectivity index (χ0) is 16.7. The van der Waals surface area contributed by atoms with Gasteiger partial charge in [-0.05, 0) is 31.4 Å². The second-order valence-electron chi connectivity index (χ2n) is 5.31. The third-order valence-corrected chi connectivity index (χ3v) is 5.13. The van der Waals surface area contributed by atoms with Crippen molar-refractivity contribution in [1.82, 2.24) is 14.8 Å². The molecule has 1 aromatic carbocycles. The lowest BCUT2D eigenvalue weighted by Gasteiger charge is -2.19. The number of para-hydroxylation sites is 1. The highest BCUT2D eigenvalue weighted by atomic mass is 35.5. The van der Waals surface area contributed by atoms with E-state index in [9.17, 15) is 0 Å². The molecule has 1 aromatic heterocycles. The number of hydrogen-bond donors (Lipinski definition) is 0. The maximum atomic E-state index is 6.15. The number of halogens is 1. The maximum absolute atomic E-state index is 6.15. The third kappa shape index (κ3) is 4.64. The monoisotopic (exact) mass is 353 g/mol. The van der Waals surface area contributed by atoms with Crippen LogP contribution in [-0.2, 0) is 6.61 Å². The highest BCUT2D eigenvalue weighted by Crippen LogP contribution is 2.28. The zero-order valence-corrected chi connectivity index (χ0v) is 15.5. The van der Waals surface area contributed by atoms with Crippen LogP contribution in [0.5, 0.6) is 5.75 Å². The fourth-order valence-electron chi connectivity index (χ4n) is 2.42. The summed E-state index contributed by atoms with van der Waals surface area (Å²) >= 11 is 7.91. The van der Waals surface area contributed by atoms with Gasteiger partial charge in [-0.3, -0.25) is 0 Å². The normalized spacial score (nSPS) is 11.2. The highest BCUT2D eigenvalue weighted by molar-refractivity contribution is 7.99. The predicted octanol–water partition coefficient (Wildman–Crippen LogP) is 5.37. The molecular weight excluding hydrogens is 330 g/mol. The molecule has 0 aliphatic heterocycles. The summed E-state index contributed by atoms with van der Waals surface area (Å²) in [7, 11) is 0. The van der Waals surface area contributed by atoms with Crippen LogP contribution in [-0.4, -0.2) is 20.5 Å². The molecule has 0 saturated carbocycles. The molecule has 2 rings (SSSR count). The Morgan fingerprint density at radius 3 is 2.57 bits per heavy atom. The largest absolute Gasteiger partial charge is 0.484 e. The molecule has 2 aromatic rings. The van der Waals surface area contributed by atoms with Crippen LogP contribution in [0.4, 0.5) is 0 Å². The SMILES string of the molecule is CCCSc1nnc(COc2ccccc2Cl)n1C(CC)CC. The molecule has 4 nitrogen and oxygen atoms in total. The maximum Gasteiger partial charge on any atom is 0.191 e. The van der Waals surface area contributed by atoms with Crippen molar-refractivity contribution >= 4 is 23.4 Å². The van der Waals surface area contributed by atoms with Crippen LogP contribution in [0.2, 0.25) is 5.02 Å². The number of benzene rings is 1. The van der Waals surface area contributed by atoms with Crippen LogP contribution in [0.1, 0.15) is 51.9 Å². The van der Waals surface area contributed by atoms with Gasteiger partial charge in [0, 0.05) is 11.8 Å². The first-order valence-corrected chi connectivity index (χ1v) is 9.51. The summed E-state index contributed by atoms with van der Waals surface area (Å²) < 4.78 is 8.09. The number of hydrogen-bond acceptors (Lipinski definition) is 4. The molecular formula is C17H24ClN3OS. The minimum atomic E-state index is 0.375. The molecule has 0 bridgehead atoms. The number of rotatable bonds is 9. The summed E-state index contributed by atoms with van der Waals surface area (Å²) in [6.45, 7) is 6.94. The zero-order valence-electron chi connectivity index (χ0n) is 14.0. The number of ether oxygens (including phenoxy) is 1. The van der Waals surface area contributed by atoms with Crippen LogP contribution in [0.15, 0.2) is 29.4 Å². The average Bonchev–Trinajstić information content (AvgIpc) is 2.96. The molecule has 0 saturated heterocycles. The summed E-state index contributed by atoms with van der Waals surface area (Å²) in [5, 5.41) is 10.3. The molecule has 0 aliphatic rings. The van der Waals surface area contributed by atoms with Crippen molar-refractivity contribution < 1.29 is 4.74 Å². The van der Waals surface area contributed by atoms with Crippen molar-refractivity contribution in [3.8, 4) is 5.75 Å². The number of aromatic nitrogens is 3. The third-order valence-electron chi connectivity index (χ3n) is 3.67. The summed E-state index contributed by atoms with van der Waals surface area (Å²) in [5.74, 6) is 2.58. The van der Waals surface area contributed by atoms with E-state index in [-0.39, 0.29) is 0 Å². The second-order valence-corrected chi connectivity index (χ2v) is 6.78. The quantitative estimate of drug-likeness (QED) is 0.568. The van der Waals surface area contributed by atoms with Gasteiger partial charge in [0.05, 0.1) is 5.02 Å². The Balaban J connectivity index is 2.20. The van der Waals surface area contributed by atoms with Gasteiger partial charge in [0.15, 0.2) is 11.0 Å². The Kier molecular flexibility index (Phi) is 7.24. The molecule has 0 radical (unpaired) electrons. The molecule has 0 unspecified atom stereocenters. The molecule has 0 atom stereocenters. The van der Waals surface area contributed by atoms with Crippen LogP contribution in [0, 0.1) is 0 Å². The van der Waals surface area contributed by atoms with Crippen LogP contribution >= 0.6 is 23.4 Å². The van der Waals surface area contributed by atoms with Gasteiger partial charge in [-0.25, -0.2) is 0 Å². The Hall–Kier alpha value is -1.20. The van der Waals surface area contributed by atoms with E-state index in [1.807, 2.05) is 24.3 Å². The summed E-state index contributed by atoms with van der Waals surface area (Å²) in [4.78, 5) is 0. The molecule has 6 heteroatoms. The van der Waals surface area contributed by atoms with E-state index >= 15 is 0 Å². The summed E-state index contributed by atoms with van der Waals surface area (Å²) in [6, 6.07) is 7.89. The van der Waals surface area contributed by atoms with Crippen LogP contribution in [0.3, 0.4) is 0 Å². The fraction of sp³-hybridized carbons (Fsp3) is 0.529. The first-order chi connectivity index (χ1) is 11.2. The molecule has 0 amide bonds. The van der Waals surface area contributed by atoms with Gasteiger partial charge >= 0.3 is 0 Å². The topological polar surface area (TPSA) is 39.9 Å². The van der Waals surface area contributed by atoms with Crippen molar-refractivity contribution in [2.75, 3.05) is 5.75 Å². The van der Waals surface area contributed by atoms with Crippen LogP contribution < -0.4 is 4.74 Å². The van der Waals surface area contributed by atoms with E-state index in [1.54, 1.807) is 11.8 Å². The molecule has 1 heterocycles. The van der Waals surface area contributed by atoms with Gasteiger partial charge in [0.2, 0.25) is 0 Å². The van der Waals surface area contributed by atoms with Crippen molar-refractivity contribution in [3.05, 3.63) is 35.1 Å². The lowest BCUT2D eigenvalue weighted by molar-refractivity contribution is 0.278. The van der Waals surface area contributed by atoms with Crippen LogP contribution in [0.25, 0.3) is 0 Å². The minimum Gasteiger partial charge on any atom is -0.484 e. The number of thioether (sulfide) groups is 1. The Morgan fingerprint density at radius 2 is 1.91 bits per heavy atom. The minimum absolute atomic E-state index is 0.375. The van der Waals surface area contributed by atoms with E-state index in [0.717, 1.165) is 36.0 Å². The molecule has 0 N–H and O–H groups in total. The van der Waals surface area contributed by atoms with Crippen molar-refractivity contribution in [2.24, 2.45) is 0 Å². The second kappa shape index (κ2) is 9.18. The summed E-state index contributed by atoms with van der Waals surface area (Å²) in [6.07, 6.45) is 3.21. The first kappa shape index (κ1) is 18.1. The van der Waals surface area contributed by atoms with Gasteiger partial charge in [0.1, 0.15) is 12.4 Å². The smallest absolute Gasteiger partial charge is 0.191 e. The standard InChI is InChI=1S/C17H24ClN3OS/c1-4-11-23-17-20-19-16(21(17)13(5-2)6-3)12-22-15-10-8-7-9-14(15)18/h7-10,13H,4-6,11-12H2,1-3H3. The first-order valence-electron chi connectivity index (χ1n) is 8.15. The Bertz CT molecular complexity index is 614. The lowest BCUT2D eigenvalue weighted by atomic mass is 10.2. The summed E-state index contributed by atoms with van der Waals surface area (Å²) in [5.41, 5.74) is 0. The van der Waals surface area contributed by atoms with E-state index in [4.69, 9.17) is 16.3 Å². The Morgan fingerprint density at radius 1 is 1.17 bits per heavy atom. The Labute approximate surface area is 147 Å². The van der Waals surface area contributed by atoms with E-state index < -0.39 is 0 Å². The van der Waals surface area contributed by atoms with Crippen molar-refractivity contribution in [1.29, 1.82) is 0 Å². The average molecular weight is 354 g/mol. The van der Waals surface area contributed by atoms with Gasteiger partial charge in [0.25, 0.3) is 0 Å². The van der Waals surface area contributed by atoms with Gasteiger partial charge in [-0.15, -0.1) is 10.2 Å². The lowest BCUT2D eigenvalue weighted by Crippen LogP contribution is -2.14. The van der Waals surface area contributed by atoms with Gasteiger partial charge in [-0.2, -0.15) is 0 Å².